The molecule has 0 saturated carbocycles. The number of rotatable bonds is 7. The van der Waals surface area contributed by atoms with E-state index >= 15 is 0 Å². The highest BCUT2D eigenvalue weighted by atomic mass is 79.9. The first kappa shape index (κ1) is 18.3. The van der Waals surface area contributed by atoms with Crippen LogP contribution in [-0.4, -0.2) is 40.5 Å². The van der Waals surface area contributed by atoms with Gasteiger partial charge in [-0.15, -0.1) is 5.10 Å². The number of carboxylic acid groups (broad SMARTS) is 1. The molecule has 1 aromatic heterocycles. The van der Waals surface area contributed by atoms with E-state index in [0.29, 0.717) is 38.9 Å². The van der Waals surface area contributed by atoms with Gasteiger partial charge >= 0.3 is 5.97 Å². The van der Waals surface area contributed by atoms with E-state index in [1.165, 1.54) is 20.3 Å². The summed E-state index contributed by atoms with van der Waals surface area (Å²) >= 11 is 4.37. The van der Waals surface area contributed by atoms with Crippen LogP contribution in [0.5, 0.6) is 11.5 Å². The molecule has 9 heteroatoms. The number of hydrogen-bond acceptors (Lipinski definition) is 6. The molecule has 0 amide bonds. The lowest BCUT2D eigenvalue weighted by atomic mass is 10.2. The Bertz CT molecular complexity index is 776. The predicted octanol–water partition coefficient (Wildman–Crippen LogP) is 3.36. The second kappa shape index (κ2) is 8.20. The number of halogens is 1. The highest BCUT2D eigenvalue weighted by Gasteiger charge is 2.15. The molecule has 0 atom stereocenters. The molecule has 1 aromatic carbocycles. The molecule has 1 heterocycles. The Balaban J connectivity index is 2.37. The Morgan fingerprint density at radius 1 is 1.42 bits per heavy atom. The molecule has 2 aromatic rings. The average Bonchev–Trinajstić information content (AvgIpc) is 3.01. The maximum Gasteiger partial charge on any atom is 0.342 e. The fourth-order valence-corrected chi connectivity index (χ4v) is 3.24. The minimum Gasteiger partial charge on any atom is -0.493 e. The minimum absolute atomic E-state index is 0.0933. The van der Waals surface area contributed by atoms with E-state index in [1.807, 2.05) is 6.92 Å². The van der Waals surface area contributed by atoms with Crippen LogP contribution in [0.2, 0.25) is 0 Å². The fourth-order valence-electron chi connectivity index (χ4n) is 1.89. The molecule has 0 aliphatic heterocycles. The number of carboxylic acids is 1. The van der Waals surface area contributed by atoms with E-state index < -0.39 is 5.97 Å². The van der Waals surface area contributed by atoms with Gasteiger partial charge in [0.1, 0.15) is 10.7 Å². The van der Waals surface area contributed by atoms with Crippen LogP contribution in [-0.2, 0) is 11.2 Å². The molecule has 0 saturated heterocycles. The van der Waals surface area contributed by atoms with Gasteiger partial charge in [0.15, 0.2) is 11.5 Å². The first-order chi connectivity index (χ1) is 11.5. The second-order valence-corrected chi connectivity index (χ2v) is 6.44. The van der Waals surface area contributed by atoms with Crippen molar-refractivity contribution in [2.75, 3.05) is 14.2 Å². The summed E-state index contributed by atoms with van der Waals surface area (Å²) in [4.78, 5) is 15.8. The molecule has 0 aliphatic carbocycles. The molecule has 0 radical (unpaired) electrons. The Kier molecular flexibility index (Phi) is 6.27. The number of thioether (sulfide) groups is 1. The summed E-state index contributed by atoms with van der Waals surface area (Å²) in [5.41, 5.74) is 0.649. The number of hydrogen-bond donors (Lipinski definition) is 2. The number of nitrogens with one attached hydrogen (secondary N) is 1. The Labute approximate surface area is 151 Å². The number of ether oxygens (including phenoxy) is 2. The van der Waals surface area contributed by atoms with E-state index in [-0.39, 0.29) is 4.91 Å². The SMILES string of the molecule is CCc1nc(S/C(=C\c2cc(Br)c(OC)c(OC)c2)C(=O)O)n[nH]1. The zero-order valence-electron chi connectivity index (χ0n) is 13.3. The van der Waals surface area contributed by atoms with Crippen LogP contribution in [0.3, 0.4) is 0 Å². The van der Waals surface area contributed by atoms with Crippen molar-refractivity contribution in [1.82, 2.24) is 15.2 Å². The third kappa shape index (κ3) is 4.30. The Morgan fingerprint density at radius 2 is 2.17 bits per heavy atom. The number of benzene rings is 1. The zero-order chi connectivity index (χ0) is 17.7. The van der Waals surface area contributed by atoms with Gasteiger partial charge in [0, 0.05) is 6.42 Å². The summed E-state index contributed by atoms with van der Waals surface area (Å²) in [5.74, 6) is 0.685. The highest BCUT2D eigenvalue weighted by molar-refractivity contribution is 9.10. The first-order valence-corrected chi connectivity index (χ1v) is 8.55. The second-order valence-electron chi connectivity index (χ2n) is 4.57. The lowest BCUT2D eigenvalue weighted by Gasteiger charge is -2.10. The van der Waals surface area contributed by atoms with Crippen molar-refractivity contribution >= 4 is 39.7 Å². The fraction of sp³-hybridized carbons (Fsp3) is 0.267. The van der Waals surface area contributed by atoms with Crippen molar-refractivity contribution in [2.24, 2.45) is 0 Å². The van der Waals surface area contributed by atoms with Gasteiger partial charge in [-0.2, -0.15) is 0 Å². The van der Waals surface area contributed by atoms with Gasteiger partial charge in [-0.25, -0.2) is 9.78 Å². The standard InChI is InChI=1S/C15H16BrN3O4S/c1-4-12-17-15(19-18-12)24-11(14(20)21)7-8-5-9(16)13(23-3)10(6-8)22-2/h5-7H,4H2,1-3H3,(H,20,21)(H,17,18,19)/b11-7-. The van der Waals surface area contributed by atoms with Crippen LogP contribution in [0.1, 0.15) is 18.3 Å². The summed E-state index contributed by atoms with van der Waals surface area (Å²) in [7, 11) is 3.05. The van der Waals surface area contributed by atoms with Crippen molar-refractivity contribution in [3.05, 3.63) is 32.9 Å². The largest absolute Gasteiger partial charge is 0.493 e. The monoisotopic (exact) mass is 413 g/mol. The maximum atomic E-state index is 11.5. The number of aryl methyl sites for hydroxylation is 1. The van der Waals surface area contributed by atoms with Gasteiger partial charge < -0.3 is 14.6 Å². The van der Waals surface area contributed by atoms with Crippen molar-refractivity contribution < 1.29 is 19.4 Å². The van der Waals surface area contributed by atoms with Crippen LogP contribution in [0, 0.1) is 0 Å². The molecule has 0 spiro atoms. The van der Waals surface area contributed by atoms with E-state index in [9.17, 15) is 9.90 Å². The molecular weight excluding hydrogens is 398 g/mol. The molecular formula is C15H16BrN3O4S. The van der Waals surface area contributed by atoms with Crippen LogP contribution in [0.4, 0.5) is 0 Å². The molecule has 128 valence electrons. The molecule has 0 unspecified atom stereocenters. The lowest BCUT2D eigenvalue weighted by Crippen LogP contribution is -1.98. The molecule has 24 heavy (non-hydrogen) atoms. The van der Waals surface area contributed by atoms with Gasteiger partial charge in [0.2, 0.25) is 5.16 Å². The Morgan fingerprint density at radius 3 is 2.71 bits per heavy atom. The number of aliphatic carboxylic acids is 1. The van der Waals surface area contributed by atoms with Gasteiger partial charge in [0.25, 0.3) is 0 Å². The summed E-state index contributed by atoms with van der Waals surface area (Å²) < 4.78 is 11.2. The molecule has 2 N–H and O–H groups in total. The predicted molar refractivity (Wildman–Crippen MR) is 94.5 cm³/mol. The van der Waals surface area contributed by atoms with Gasteiger partial charge in [0.05, 0.1) is 18.7 Å². The smallest absolute Gasteiger partial charge is 0.342 e. The number of aromatic nitrogens is 3. The van der Waals surface area contributed by atoms with Crippen molar-refractivity contribution in [2.45, 2.75) is 18.5 Å². The van der Waals surface area contributed by atoms with Crippen LogP contribution in [0.25, 0.3) is 6.08 Å². The van der Waals surface area contributed by atoms with E-state index in [4.69, 9.17) is 9.47 Å². The summed E-state index contributed by atoms with van der Waals surface area (Å²) in [6.07, 6.45) is 2.23. The van der Waals surface area contributed by atoms with Gasteiger partial charge in [-0.3, -0.25) is 5.10 Å². The van der Waals surface area contributed by atoms with Crippen molar-refractivity contribution in [1.29, 1.82) is 0 Å². The molecule has 0 fully saturated rings. The topological polar surface area (TPSA) is 97.3 Å². The van der Waals surface area contributed by atoms with E-state index in [0.717, 1.165) is 11.8 Å². The third-order valence-corrected chi connectivity index (χ3v) is 4.48. The highest BCUT2D eigenvalue weighted by Crippen LogP contribution is 2.37. The Hall–Kier alpha value is -2.00. The zero-order valence-corrected chi connectivity index (χ0v) is 15.7. The number of aromatic amines is 1. The van der Waals surface area contributed by atoms with Crippen molar-refractivity contribution in [3.63, 3.8) is 0 Å². The number of nitrogens with zero attached hydrogens (tertiary/aromatic N) is 2. The number of H-pyrrole nitrogens is 1. The number of carbonyl (C=O) groups is 1. The number of methoxy groups -OCH3 is 2. The minimum atomic E-state index is -1.06. The molecule has 2 rings (SSSR count). The van der Waals surface area contributed by atoms with Crippen LogP contribution in [0.15, 0.2) is 26.7 Å². The summed E-state index contributed by atoms with van der Waals surface area (Å²) in [6, 6.07) is 3.45. The van der Waals surface area contributed by atoms with Crippen LogP contribution < -0.4 is 9.47 Å². The molecule has 0 aliphatic rings. The van der Waals surface area contributed by atoms with Gasteiger partial charge in [-0.05, 0) is 51.5 Å². The van der Waals surface area contributed by atoms with Crippen molar-refractivity contribution in [3.8, 4) is 11.5 Å². The third-order valence-electron chi connectivity index (χ3n) is 3.01. The van der Waals surface area contributed by atoms with E-state index in [1.54, 1.807) is 12.1 Å². The lowest BCUT2D eigenvalue weighted by molar-refractivity contribution is -0.131. The molecule has 0 bridgehead atoms. The quantitative estimate of drug-likeness (QED) is 0.530. The van der Waals surface area contributed by atoms with Gasteiger partial charge in [-0.1, -0.05) is 6.92 Å². The van der Waals surface area contributed by atoms with Crippen LogP contribution >= 0.6 is 27.7 Å². The average molecular weight is 414 g/mol. The summed E-state index contributed by atoms with van der Waals surface area (Å²) in [6.45, 7) is 1.93. The maximum absolute atomic E-state index is 11.5. The van der Waals surface area contributed by atoms with E-state index in [2.05, 4.69) is 31.1 Å². The molecule has 7 nitrogen and oxygen atoms in total. The summed E-state index contributed by atoms with van der Waals surface area (Å²) in [5, 5.41) is 16.6. The first-order valence-electron chi connectivity index (χ1n) is 6.94. The normalized spacial score (nSPS) is 11.4.